The predicted molar refractivity (Wildman–Crippen MR) is 65.6 cm³/mol. The second-order valence-electron chi connectivity index (χ2n) is 3.30. The van der Waals surface area contributed by atoms with E-state index < -0.39 is 0 Å². The number of halogens is 1. The molecule has 1 aromatic carbocycles. The average molecular weight is 226 g/mol. The lowest BCUT2D eigenvalue weighted by atomic mass is 10.3. The van der Waals surface area contributed by atoms with Gasteiger partial charge in [0.1, 0.15) is 5.82 Å². The van der Waals surface area contributed by atoms with Gasteiger partial charge in [-0.15, -0.1) is 12.4 Å². The Bertz CT molecular complexity index is 378. The third kappa shape index (κ3) is 2.94. The van der Waals surface area contributed by atoms with E-state index in [4.69, 9.17) is 0 Å². The molecule has 0 aliphatic heterocycles. The smallest absolute Gasteiger partial charge is 0.108 e. The van der Waals surface area contributed by atoms with Crippen molar-refractivity contribution >= 4 is 23.4 Å². The number of H-pyrrole nitrogens is 1. The third-order valence-electron chi connectivity index (χ3n) is 2.23. The molecule has 4 heteroatoms. The average Bonchev–Trinajstić information content (AvgIpc) is 2.60. The molecule has 1 aromatic heterocycles. The number of aromatic amines is 1. The van der Waals surface area contributed by atoms with Crippen LogP contribution in [0.4, 0.5) is 0 Å². The molecule has 15 heavy (non-hydrogen) atoms. The van der Waals surface area contributed by atoms with Crippen LogP contribution < -0.4 is 5.32 Å². The molecule has 0 amide bonds. The van der Waals surface area contributed by atoms with Gasteiger partial charge >= 0.3 is 0 Å². The Balaban J connectivity index is 0.00000112. The number of nitrogens with one attached hydrogen (secondary N) is 2. The summed E-state index contributed by atoms with van der Waals surface area (Å²) in [6, 6.07) is 8.12. The summed E-state index contributed by atoms with van der Waals surface area (Å²) in [6.45, 7) is 4.11. The Hall–Kier alpha value is -1.06. The van der Waals surface area contributed by atoms with Gasteiger partial charge in [-0.1, -0.05) is 19.1 Å². The van der Waals surface area contributed by atoms with E-state index in [-0.39, 0.29) is 12.4 Å². The molecule has 1 heterocycles. The van der Waals surface area contributed by atoms with E-state index in [2.05, 4.69) is 28.3 Å². The lowest BCUT2D eigenvalue weighted by Crippen LogP contribution is -2.16. The predicted octanol–water partition coefficient (Wildman–Crippen LogP) is 2.14. The molecule has 2 aromatic rings. The van der Waals surface area contributed by atoms with E-state index in [1.807, 2.05) is 18.2 Å². The maximum absolute atomic E-state index is 4.49. The maximum atomic E-state index is 4.49. The number of fused-ring (bicyclic) bond motifs is 1. The number of para-hydroxylation sites is 2. The summed E-state index contributed by atoms with van der Waals surface area (Å²) in [5.41, 5.74) is 2.18. The summed E-state index contributed by atoms with van der Waals surface area (Å²) >= 11 is 0. The summed E-state index contributed by atoms with van der Waals surface area (Å²) in [4.78, 5) is 7.79. The quantitative estimate of drug-likeness (QED) is 0.783. The number of imidazole rings is 1. The largest absolute Gasteiger partial charge is 0.342 e. The zero-order chi connectivity index (χ0) is 9.80. The Labute approximate surface area is 95.7 Å². The number of aromatic nitrogens is 2. The molecular weight excluding hydrogens is 210 g/mol. The lowest BCUT2D eigenvalue weighted by Gasteiger charge is -1.96. The maximum Gasteiger partial charge on any atom is 0.108 e. The van der Waals surface area contributed by atoms with Crippen LogP contribution in [0.2, 0.25) is 0 Å². The van der Waals surface area contributed by atoms with Crippen LogP contribution in [0.1, 0.15) is 12.7 Å². The van der Waals surface area contributed by atoms with Gasteiger partial charge in [0.2, 0.25) is 0 Å². The summed E-state index contributed by atoms with van der Waals surface area (Å²) in [5, 5.41) is 3.28. The Kier molecular flexibility index (Phi) is 4.59. The normalized spacial score (nSPS) is 10.2. The first-order valence-corrected chi connectivity index (χ1v) is 5.04. The SMILES string of the molecule is CCNCCc1nc2ccccc2[nH]1.Cl. The third-order valence-corrected chi connectivity index (χ3v) is 2.23. The van der Waals surface area contributed by atoms with Gasteiger partial charge in [0.25, 0.3) is 0 Å². The molecule has 0 fully saturated rings. The number of hydrogen-bond donors (Lipinski definition) is 2. The molecule has 0 unspecified atom stereocenters. The van der Waals surface area contributed by atoms with Gasteiger partial charge in [0.05, 0.1) is 11.0 Å². The fourth-order valence-electron chi connectivity index (χ4n) is 1.51. The van der Waals surface area contributed by atoms with Crippen LogP contribution in [0.3, 0.4) is 0 Å². The van der Waals surface area contributed by atoms with Crippen LogP contribution >= 0.6 is 12.4 Å². The molecule has 0 atom stereocenters. The molecule has 0 radical (unpaired) electrons. The van der Waals surface area contributed by atoms with Crippen LogP contribution in [0.15, 0.2) is 24.3 Å². The molecule has 0 aliphatic carbocycles. The standard InChI is InChI=1S/C11H15N3.ClH/c1-2-12-8-7-11-13-9-5-3-4-6-10(9)14-11;/h3-6,12H,2,7-8H2,1H3,(H,13,14);1H. The molecule has 0 saturated heterocycles. The number of nitrogens with zero attached hydrogens (tertiary/aromatic N) is 1. The van der Waals surface area contributed by atoms with Gasteiger partial charge in [-0.05, 0) is 18.7 Å². The van der Waals surface area contributed by atoms with E-state index in [0.717, 1.165) is 36.4 Å². The number of likely N-dealkylation sites (N-methyl/N-ethyl adjacent to an activating group) is 1. The van der Waals surface area contributed by atoms with Gasteiger partial charge in [-0.2, -0.15) is 0 Å². The second-order valence-corrected chi connectivity index (χ2v) is 3.30. The van der Waals surface area contributed by atoms with Crippen molar-refractivity contribution in [3.05, 3.63) is 30.1 Å². The highest BCUT2D eigenvalue weighted by Gasteiger charge is 2.00. The molecule has 0 aliphatic rings. The molecular formula is C11H16ClN3. The summed E-state index contributed by atoms with van der Waals surface area (Å²) in [5.74, 6) is 1.06. The summed E-state index contributed by atoms with van der Waals surface area (Å²) in [7, 11) is 0. The molecule has 2 N–H and O–H groups in total. The van der Waals surface area contributed by atoms with Gasteiger partial charge in [-0.25, -0.2) is 4.98 Å². The zero-order valence-electron chi connectivity index (χ0n) is 8.79. The van der Waals surface area contributed by atoms with E-state index in [1.165, 1.54) is 0 Å². The van der Waals surface area contributed by atoms with Gasteiger partial charge in [0, 0.05) is 13.0 Å². The minimum absolute atomic E-state index is 0. The Morgan fingerprint density at radius 1 is 1.33 bits per heavy atom. The topological polar surface area (TPSA) is 40.7 Å². The van der Waals surface area contributed by atoms with E-state index in [0.29, 0.717) is 0 Å². The van der Waals surface area contributed by atoms with Crippen LogP contribution in [0.25, 0.3) is 11.0 Å². The van der Waals surface area contributed by atoms with Gasteiger partial charge in [-0.3, -0.25) is 0 Å². The van der Waals surface area contributed by atoms with Crippen molar-refractivity contribution in [2.75, 3.05) is 13.1 Å². The fraction of sp³-hybridized carbons (Fsp3) is 0.364. The minimum atomic E-state index is 0. The number of hydrogen-bond acceptors (Lipinski definition) is 2. The molecule has 2 rings (SSSR count). The number of benzene rings is 1. The Morgan fingerprint density at radius 3 is 2.87 bits per heavy atom. The van der Waals surface area contributed by atoms with Crippen molar-refractivity contribution in [2.24, 2.45) is 0 Å². The van der Waals surface area contributed by atoms with E-state index in [9.17, 15) is 0 Å². The minimum Gasteiger partial charge on any atom is -0.342 e. The van der Waals surface area contributed by atoms with Crippen molar-refractivity contribution < 1.29 is 0 Å². The molecule has 3 nitrogen and oxygen atoms in total. The van der Waals surface area contributed by atoms with Crippen molar-refractivity contribution in [3.63, 3.8) is 0 Å². The second kappa shape index (κ2) is 5.73. The van der Waals surface area contributed by atoms with Crippen LogP contribution in [0, 0.1) is 0 Å². The first-order valence-electron chi connectivity index (χ1n) is 5.04. The highest BCUT2D eigenvalue weighted by molar-refractivity contribution is 5.85. The molecule has 82 valence electrons. The molecule has 0 bridgehead atoms. The van der Waals surface area contributed by atoms with Crippen molar-refractivity contribution in [1.82, 2.24) is 15.3 Å². The first kappa shape index (κ1) is 12.0. The highest BCUT2D eigenvalue weighted by atomic mass is 35.5. The summed E-state index contributed by atoms with van der Waals surface area (Å²) in [6.07, 6.45) is 0.961. The molecule has 0 saturated carbocycles. The van der Waals surface area contributed by atoms with Crippen molar-refractivity contribution in [2.45, 2.75) is 13.3 Å². The van der Waals surface area contributed by atoms with Crippen molar-refractivity contribution in [1.29, 1.82) is 0 Å². The van der Waals surface area contributed by atoms with Crippen LogP contribution in [-0.2, 0) is 6.42 Å². The highest BCUT2D eigenvalue weighted by Crippen LogP contribution is 2.09. The summed E-state index contributed by atoms with van der Waals surface area (Å²) < 4.78 is 0. The first-order chi connectivity index (χ1) is 6.90. The zero-order valence-corrected chi connectivity index (χ0v) is 9.60. The molecule has 0 spiro atoms. The Morgan fingerprint density at radius 2 is 2.13 bits per heavy atom. The van der Waals surface area contributed by atoms with Crippen molar-refractivity contribution in [3.8, 4) is 0 Å². The van der Waals surface area contributed by atoms with Crippen LogP contribution in [-0.4, -0.2) is 23.1 Å². The van der Waals surface area contributed by atoms with E-state index in [1.54, 1.807) is 0 Å². The monoisotopic (exact) mass is 225 g/mol. The fourth-order valence-corrected chi connectivity index (χ4v) is 1.51. The van der Waals surface area contributed by atoms with E-state index >= 15 is 0 Å². The van der Waals surface area contributed by atoms with Gasteiger partial charge in [0.15, 0.2) is 0 Å². The van der Waals surface area contributed by atoms with Crippen LogP contribution in [0.5, 0.6) is 0 Å². The lowest BCUT2D eigenvalue weighted by molar-refractivity contribution is 0.702. The number of rotatable bonds is 4. The van der Waals surface area contributed by atoms with Gasteiger partial charge < -0.3 is 10.3 Å².